The third-order valence-corrected chi connectivity index (χ3v) is 5.97. The second kappa shape index (κ2) is 4.85. The molecular formula is C12H16N4O2S2. The van der Waals surface area contributed by atoms with Crippen LogP contribution < -0.4 is 4.72 Å². The van der Waals surface area contributed by atoms with Crippen molar-refractivity contribution in [2.75, 3.05) is 4.72 Å². The fourth-order valence-electron chi connectivity index (χ4n) is 2.41. The third-order valence-electron chi connectivity index (χ3n) is 3.33. The molecule has 1 N–H and O–H groups in total. The topological polar surface area (TPSA) is 76.9 Å². The zero-order valence-corrected chi connectivity index (χ0v) is 13.0. The SMILES string of the molecule is Cc1nn(C)cc1S(=O)(=O)Nc1nc2c(s1)CCCC2. The number of thiazole rings is 1. The first-order valence-corrected chi connectivity index (χ1v) is 8.77. The molecule has 1 aliphatic rings. The number of hydrogen-bond donors (Lipinski definition) is 1. The Labute approximate surface area is 121 Å². The molecule has 0 saturated carbocycles. The molecule has 0 bridgehead atoms. The Hall–Kier alpha value is -1.41. The van der Waals surface area contributed by atoms with Crippen molar-refractivity contribution in [1.29, 1.82) is 0 Å². The van der Waals surface area contributed by atoms with Crippen LogP contribution in [0.15, 0.2) is 11.1 Å². The largest absolute Gasteiger partial charge is 0.274 e. The molecule has 2 aromatic heterocycles. The average molecular weight is 312 g/mol. The van der Waals surface area contributed by atoms with Crippen LogP contribution in [0, 0.1) is 6.92 Å². The summed E-state index contributed by atoms with van der Waals surface area (Å²) in [6.07, 6.45) is 5.74. The van der Waals surface area contributed by atoms with Gasteiger partial charge in [-0.25, -0.2) is 13.4 Å². The minimum absolute atomic E-state index is 0.202. The Morgan fingerprint density at radius 1 is 1.35 bits per heavy atom. The van der Waals surface area contributed by atoms with E-state index in [0.717, 1.165) is 31.4 Å². The first-order valence-electron chi connectivity index (χ1n) is 6.47. The molecule has 6 nitrogen and oxygen atoms in total. The molecule has 2 aromatic rings. The number of fused-ring (bicyclic) bond motifs is 1. The van der Waals surface area contributed by atoms with Crippen LogP contribution >= 0.6 is 11.3 Å². The molecule has 0 unspecified atom stereocenters. The van der Waals surface area contributed by atoms with Gasteiger partial charge in [0.25, 0.3) is 10.0 Å². The molecule has 0 atom stereocenters. The lowest BCUT2D eigenvalue weighted by Crippen LogP contribution is -2.13. The molecular weight excluding hydrogens is 296 g/mol. The van der Waals surface area contributed by atoms with Gasteiger partial charge in [-0.05, 0) is 32.6 Å². The maximum atomic E-state index is 12.4. The van der Waals surface area contributed by atoms with E-state index in [-0.39, 0.29) is 4.90 Å². The van der Waals surface area contributed by atoms with Gasteiger partial charge in [0.05, 0.1) is 11.4 Å². The Morgan fingerprint density at radius 2 is 2.10 bits per heavy atom. The summed E-state index contributed by atoms with van der Waals surface area (Å²) in [5.41, 5.74) is 1.53. The van der Waals surface area contributed by atoms with E-state index in [1.165, 1.54) is 27.1 Å². The molecule has 2 heterocycles. The first kappa shape index (κ1) is 13.6. The Kier molecular flexibility index (Phi) is 3.29. The van der Waals surface area contributed by atoms with Crippen molar-refractivity contribution in [2.45, 2.75) is 37.5 Å². The lowest BCUT2D eigenvalue weighted by atomic mass is 10.0. The summed E-state index contributed by atoms with van der Waals surface area (Å²) >= 11 is 1.44. The van der Waals surface area contributed by atoms with Gasteiger partial charge in [0.1, 0.15) is 4.90 Å². The van der Waals surface area contributed by atoms with Crippen LogP contribution in [0.3, 0.4) is 0 Å². The normalized spacial score (nSPS) is 15.1. The Balaban J connectivity index is 1.90. The molecule has 0 amide bonds. The van der Waals surface area contributed by atoms with E-state index in [1.807, 2.05) is 0 Å². The number of anilines is 1. The van der Waals surface area contributed by atoms with Crippen molar-refractivity contribution in [3.63, 3.8) is 0 Å². The lowest BCUT2D eigenvalue weighted by molar-refractivity contribution is 0.600. The highest BCUT2D eigenvalue weighted by Gasteiger charge is 2.23. The highest BCUT2D eigenvalue weighted by molar-refractivity contribution is 7.93. The molecule has 0 spiro atoms. The summed E-state index contributed by atoms with van der Waals surface area (Å²) in [5, 5.41) is 4.52. The molecule has 0 radical (unpaired) electrons. The number of aromatic nitrogens is 3. The van der Waals surface area contributed by atoms with Crippen LogP contribution in [0.5, 0.6) is 0 Å². The van der Waals surface area contributed by atoms with Crippen LogP contribution in [0.4, 0.5) is 5.13 Å². The third kappa shape index (κ3) is 2.45. The smallest absolute Gasteiger partial charge is 0.267 e. The van der Waals surface area contributed by atoms with E-state index < -0.39 is 10.0 Å². The second-order valence-corrected chi connectivity index (χ2v) is 7.69. The minimum Gasteiger partial charge on any atom is -0.274 e. The number of hydrogen-bond acceptors (Lipinski definition) is 5. The summed E-state index contributed by atoms with van der Waals surface area (Å²) in [5.74, 6) is 0. The van der Waals surface area contributed by atoms with E-state index in [9.17, 15) is 8.42 Å². The predicted molar refractivity (Wildman–Crippen MR) is 77.5 cm³/mol. The van der Waals surface area contributed by atoms with E-state index in [0.29, 0.717) is 10.8 Å². The maximum absolute atomic E-state index is 12.4. The van der Waals surface area contributed by atoms with Gasteiger partial charge < -0.3 is 0 Å². The molecule has 0 aromatic carbocycles. The van der Waals surface area contributed by atoms with Crippen molar-refractivity contribution < 1.29 is 8.42 Å². The fourth-order valence-corrected chi connectivity index (χ4v) is 4.91. The van der Waals surface area contributed by atoms with Crippen molar-refractivity contribution in [3.8, 4) is 0 Å². The molecule has 0 saturated heterocycles. The number of nitrogens with zero attached hydrogens (tertiary/aromatic N) is 3. The summed E-state index contributed by atoms with van der Waals surface area (Å²) in [6, 6.07) is 0. The fraction of sp³-hybridized carbons (Fsp3) is 0.500. The zero-order valence-electron chi connectivity index (χ0n) is 11.4. The number of nitrogens with one attached hydrogen (secondary N) is 1. The molecule has 0 fully saturated rings. The Morgan fingerprint density at radius 3 is 2.75 bits per heavy atom. The van der Waals surface area contributed by atoms with Crippen LogP contribution in [0.2, 0.25) is 0 Å². The summed E-state index contributed by atoms with van der Waals surface area (Å²) in [7, 11) is -1.91. The van der Waals surface area contributed by atoms with Crippen LogP contribution in [-0.2, 0) is 29.9 Å². The van der Waals surface area contributed by atoms with Gasteiger partial charge in [-0.3, -0.25) is 9.40 Å². The van der Waals surface area contributed by atoms with E-state index in [4.69, 9.17) is 0 Å². The highest BCUT2D eigenvalue weighted by atomic mass is 32.2. The second-order valence-electron chi connectivity index (χ2n) is 4.95. The first-order chi connectivity index (χ1) is 9.45. The number of sulfonamides is 1. The van der Waals surface area contributed by atoms with Crippen LogP contribution in [-0.4, -0.2) is 23.2 Å². The Bertz CT molecular complexity index is 722. The molecule has 20 heavy (non-hydrogen) atoms. The monoisotopic (exact) mass is 312 g/mol. The van der Waals surface area contributed by atoms with Gasteiger partial charge in [0.15, 0.2) is 5.13 Å². The van der Waals surface area contributed by atoms with Crippen molar-refractivity contribution in [3.05, 3.63) is 22.5 Å². The van der Waals surface area contributed by atoms with Gasteiger partial charge >= 0.3 is 0 Å². The van der Waals surface area contributed by atoms with Crippen molar-refractivity contribution >= 4 is 26.5 Å². The van der Waals surface area contributed by atoms with Gasteiger partial charge in [-0.2, -0.15) is 5.10 Å². The highest BCUT2D eigenvalue weighted by Crippen LogP contribution is 2.31. The van der Waals surface area contributed by atoms with E-state index >= 15 is 0 Å². The van der Waals surface area contributed by atoms with Crippen LogP contribution in [0.1, 0.15) is 29.1 Å². The van der Waals surface area contributed by atoms with E-state index in [1.54, 1.807) is 14.0 Å². The number of rotatable bonds is 3. The average Bonchev–Trinajstić information content (AvgIpc) is 2.91. The van der Waals surface area contributed by atoms with Crippen LogP contribution in [0.25, 0.3) is 0 Å². The van der Waals surface area contributed by atoms with Gasteiger partial charge in [-0.1, -0.05) is 0 Å². The maximum Gasteiger partial charge on any atom is 0.267 e. The molecule has 1 aliphatic carbocycles. The molecule has 3 rings (SSSR count). The standard InChI is InChI=1S/C12H16N4O2S2/c1-8-11(7-16(2)14-8)20(17,18)15-12-13-9-5-3-4-6-10(9)19-12/h7H,3-6H2,1-2H3,(H,13,15). The number of aryl methyl sites for hydroxylation is 4. The molecule has 8 heteroatoms. The van der Waals surface area contributed by atoms with E-state index in [2.05, 4.69) is 14.8 Å². The minimum atomic E-state index is -3.61. The molecule has 108 valence electrons. The predicted octanol–water partition coefficient (Wildman–Crippen LogP) is 1.86. The summed E-state index contributed by atoms with van der Waals surface area (Å²) < 4.78 is 28.8. The lowest BCUT2D eigenvalue weighted by Gasteiger charge is -2.06. The van der Waals surface area contributed by atoms with Crippen molar-refractivity contribution in [1.82, 2.24) is 14.8 Å². The van der Waals surface area contributed by atoms with Gasteiger partial charge in [0, 0.05) is 18.1 Å². The van der Waals surface area contributed by atoms with Gasteiger partial charge in [-0.15, -0.1) is 11.3 Å². The van der Waals surface area contributed by atoms with Crippen molar-refractivity contribution in [2.24, 2.45) is 7.05 Å². The van der Waals surface area contributed by atoms with Gasteiger partial charge in [0.2, 0.25) is 0 Å². The summed E-state index contributed by atoms with van der Waals surface area (Å²) in [6.45, 7) is 1.68. The quantitative estimate of drug-likeness (QED) is 0.938. The summed E-state index contributed by atoms with van der Waals surface area (Å²) in [4.78, 5) is 5.81. The zero-order chi connectivity index (χ0) is 14.3. The molecule has 0 aliphatic heterocycles.